The number of thiocarbonyl (C=S) groups is 1. The Morgan fingerprint density at radius 1 is 1.40 bits per heavy atom. The van der Waals surface area contributed by atoms with Crippen LogP contribution in [0.15, 0.2) is 28.4 Å². The Balaban J connectivity index is 2.30. The fraction of sp³-hybridized carbons (Fsp3) is 0.286. The van der Waals surface area contributed by atoms with Crippen molar-refractivity contribution in [2.45, 2.75) is 13.8 Å². The van der Waals surface area contributed by atoms with Crippen LogP contribution in [0.4, 0.5) is 0 Å². The van der Waals surface area contributed by atoms with Crippen LogP contribution >= 0.6 is 28.1 Å². The van der Waals surface area contributed by atoms with E-state index < -0.39 is 0 Å². The normalized spacial score (nSPS) is 16.5. The molecule has 1 aliphatic heterocycles. The minimum Gasteiger partial charge on any atom is -0.493 e. The fourth-order valence-corrected chi connectivity index (χ4v) is 2.24. The van der Waals surface area contributed by atoms with E-state index in [0.29, 0.717) is 23.3 Å². The SMILES string of the molecule is CC(C)COc1ccc(Br)cc1/C=C1\NC(=S)NC1=O. The summed E-state index contributed by atoms with van der Waals surface area (Å²) < 4.78 is 6.69. The molecule has 1 heterocycles. The summed E-state index contributed by atoms with van der Waals surface area (Å²) in [5.41, 5.74) is 1.24. The first kappa shape index (κ1) is 15.0. The van der Waals surface area contributed by atoms with Crippen molar-refractivity contribution < 1.29 is 9.53 Å². The molecule has 1 aromatic carbocycles. The maximum atomic E-state index is 11.7. The van der Waals surface area contributed by atoms with Crippen molar-refractivity contribution in [2.24, 2.45) is 5.92 Å². The third-order valence-corrected chi connectivity index (χ3v) is 3.26. The van der Waals surface area contributed by atoms with Crippen LogP contribution in [0.3, 0.4) is 0 Å². The molecule has 0 unspecified atom stereocenters. The van der Waals surface area contributed by atoms with Gasteiger partial charge in [-0.1, -0.05) is 29.8 Å². The number of carbonyl (C=O) groups excluding carboxylic acids is 1. The smallest absolute Gasteiger partial charge is 0.273 e. The lowest BCUT2D eigenvalue weighted by molar-refractivity contribution is -0.115. The van der Waals surface area contributed by atoms with Gasteiger partial charge in [-0.3, -0.25) is 10.1 Å². The zero-order valence-electron chi connectivity index (χ0n) is 11.2. The number of benzene rings is 1. The van der Waals surface area contributed by atoms with Crippen LogP contribution in [0.25, 0.3) is 6.08 Å². The molecule has 0 saturated carbocycles. The van der Waals surface area contributed by atoms with Gasteiger partial charge in [0.15, 0.2) is 5.11 Å². The predicted octanol–water partition coefficient (Wildman–Crippen LogP) is 2.83. The number of amides is 1. The number of hydrogen-bond acceptors (Lipinski definition) is 3. The fourth-order valence-electron chi connectivity index (χ4n) is 1.66. The zero-order valence-corrected chi connectivity index (χ0v) is 13.6. The summed E-state index contributed by atoms with van der Waals surface area (Å²) in [7, 11) is 0. The lowest BCUT2D eigenvalue weighted by Crippen LogP contribution is -2.21. The highest BCUT2D eigenvalue weighted by atomic mass is 79.9. The predicted molar refractivity (Wildman–Crippen MR) is 86.3 cm³/mol. The molecule has 4 nitrogen and oxygen atoms in total. The Bertz CT molecular complexity index is 585. The van der Waals surface area contributed by atoms with Gasteiger partial charge in [0.1, 0.15) is 11.4 Å². The highest BCUT2D eigenvalue weighted by molar-refractivity contribution is 9.10. The summed E-state index contributed by atoms with van der Waals surface area (Å²) in [6.07, 6.45) is 1.73. The molecule has 0 radical (unpaired) electrons. The van der Waals surface area contributed by atoms with E-state index >= 15 is 0 Å². The Kier molecular flexibility index (Phi) is 4.77. The van der Waals surface area contributed by atoms with Gasteiger partial charge in [0.25, 0.3) is 5.91 Å². The molecule has 2 N–H and O–H groups in total. The molecular formula is C14H15BrN2O2S. The van der Waals surface area contributed by atoms with Gasteiger partial charge in [-0.05, 0) is 42.4 Å². The second-order valence-corrected chi connectivity index (χ2v) is 6.18. The molecule has 0 bridgehead atoms. The number of carbonyl (C=O) groups is 1. The van der Waals surface area contributed by atoms with Crippen molar-refractivity contribution in [3.8, 4) is 5.75 Å². The number of rotatable bonds is 4. The molecule has 1 amide bonds. The van der Waals surface area contributed by atoms with Gasteiger partial charge < -0.3 is 10.1 Å². The quantitative estimate of drug-likeness (QED) is 0.644. The van der Waals surface area contributed by atoms with E-state index in [1.807, 2.05) is 18.2 Å². The van der Waals surface area contributed by atoms with Crippen LogP contribution in [-0.2, 0) is 4.79 Å². The molecule has 1 fully saturated rings. The van der Waals surface area contributed by atoms with Crippen LogP contribution in [0.5, 0.6) is 5.75 Å². The van der Waals surface area contributed by atoms with E-state index in [2.05, 4.69) is 40.4 Å². The second-order valence-electron chi connectivity index (χ2n) is 4.85. The van der Waals surface area contributed by atoms with Crippen molar-refractivity contribution in [1.82, 2.24) is 10.6 Å². The summed E-state index contributed by atoms with van der Waals surface area (Å²) in [4.78, 5) is 11.7. The standard InChI is InChI=1S/C14H15BrN2O2S/c1-8(2)7-19-12-4-3-10(15)5-9(12)6-11-13(18)17-14(20)16-11/h3-6,8H,7H2,1-2H3,(H2,16,17,18,20)/b11-6-. The van der Waals surface area contributed by atoms with E-state index in [1.165, 1.54) is 0 Å². The van der Waals surface area contributed by atoms with Crippen LogP contribution in [0.1, 0.15) is 19.4 Å². The van der Waals surface area contributed by atoms with Crippen molar-refractivity contribution in [3.05, 3.63) is 33.9 Å². The minimum atomic E-state index is -0.232. The van der Waals surface area contributed by atoms with Crippen LogP contribution in [0, 0.1) is 5.92 Å². The van der Waals surface area contributed by atoms with Gasteiger partial charge in [-0.25, -0.2) is 0 Å². The lowest BCUT2D eigenvalue weighted by atomic mass is 10.1. The molecule has 1 aromatic rings. The largest absolute Gasteiger partial charge is 0.493 e. The summed E-state index contributed by atoms with van der Waals surface area (Å²) in [5.74, 6) is 0.936. The molecule has 0 atom stereocenters. The maximum Gasteiger partial charge on any atom is 0.273 e. The van der Waals surface area contributed by atoms with E-state index in [0.717, 1.165) is 15.8 Å². The first-order chi connectivity index (χ1) is 9.45. The molecule has 6 heteroatoms. The molecule has 20 heavy (non-hydrogen) atoms. The van der Waals surface area contributed by atoms with Gasteiger partial charge >= 0.3 is 0 Å². The third kappa shape index (κ3) is 3.80. The first-order valence-electron chi connectivity index (χ1n) is 6.22. The van der Waals surface area contributed by atoms with Gasteiger partial charge in [-0.2, -0.15) is 0 Å². The van der Waals surface area contributed by atoms with Gasteiger partial charge in [0.2, 0.25) is 0 Å². The van der Waals surface area contributed by atoms with Crippen molar-refractivity contribution in [2.75, 3.05) is 6.61 Å². The van der Waals surface area contributed by atoms with E-state index in [4.69, 9.17) is 17.0 Å². The number of hydrogen-bond donors (Lipinski definition) is 2. The molecule has 106 valence electrons. The maximum absolute atomic E-state index is 11.7. The van der Waals surface area contributed by atoms with Gasteiger partial charge in [0, 0.05) is 10.0 Å². The third-order valence-electron chi connectivity index (χ3n) is 2.56. The molecule has 1 aliphatic rings. The van der Waals surface area contributed by atoms with Crippen molar-refractivity contribution in [3.63, 3.8) is 0 Å². The topological polar surface area (TPSA) is 50.4 Å². The first-order valence-corrected chi connectivity index (χ1v) is 7.42. The van der Waals surface area contributed by atoms with E-state index in [-0.39, 0.29) is 5.91 Å². The summed E-state index contributed by atoms with van der Waals surface area (Å²) >= 11 is 8.33. The minimum absolute atomic E-state index is 0.232. The highest BCUT2D eigenvalue weighted by Gasteiger charge is 2.20. The van der Waals surface area contributed by atoms with E-state index in [9.17, 15) is 4.79 Å². The highest BCUT2D eigenvalue weighted by Crippen LogP contribution is 2.26. The average molecular weight is 355 g/mol. The molecule has 2 rings (SSSR count). The Hall–Kier alpha value is -1.40. The second kappa shape index (κ2) is 6.37. The Morgan fingerprint density at radius 2 is 2.15 bits per heavy atom. The van der Waals surface area contributed by atoms with Gasteiger partial charge in [-0.15, -0.1) is 0 Å². The molecule has 0 spiro atoms. The van der Waals surface area contributed by atoms with Crippen molar-refractivity contribution in [1.29, 1.82) is 0 Å². The molecule has 1 saturated heterocycles. The number of nitrogens with one attached hydrogen (secondary N) is 2. The number of halogens is 1. The summed E-state index contributed by atoms with van der Waals surface area (Å²) in [6, 6.07) is 5.69. The summed E-state index contributed by atoms with van der Waals surface area (Å²) in [6.45, 7) is 4.79. The molecule has 0 aromatic heterocycles. The van der Waals surface area contributed by atoms with Crippen LogP contribution in [-0.4, -0.2) is 17.6 Å². The Labute approximate surface area is 131 Å². The van der Waals surface area contributed by atoms with Gasteiger partial charge in [0.05, 0.1) is 6.61 Å². The Morgan fingerprint density at radius 3 is 2.75 bits per heavy atom. The van der Waals surface area contributed by atoms with Crippen LogP contribution < -0.4 is 15.4 Å². The zero-order chi connectivity index (χ0) is 14.7. The lowest BCUT2D eigenvalue weighted by Gasteiger charge is -2.12. The van der Waals surface area contributed by atoms with E-state index in [1.54, 1.807) is 6.08 Å². The monoisotopic (exact) mass is 354 g/mol. The van der Waals surface area contributed by atoms with Crippen LogP contribution in [0.2, 0.25) is 0 Å². The summed E-state index contributed by atoms with van der Waals surface area (Å²) in [5, 5.41) is 5.68. The number of ether oxygens (including phenoxy) is 1. The molecule has 0 aliphatic carbocycles. The average Bonchev–Trinajstić information content (AvgIpc) is 2.66. The van der Waals surface area contributed by atoms with Crippen molar-refractivity contribution >= 4 is 45.2 Å². The molecular weight excluding hydrogens is 340 g/mol.